The highest BCUT2D eigenvalue weighted by molar-refractivity contribution is 5.44. The summed E-state index contributed by atoms with van der Waals surface area (Å²) in [6.45, 7) is 10.3. The molecule has 0 heterocycles. The largest absolute Gasteiger partial charge is 0.493 e. The van der Waals surface area contributed by atoms with Gasteiger partial charge >= 0.3 is 0 Å². The zero-order valence-corrected chi connectivity index (χ0v) is 10.9. The molecule has 0 fully saturated rings. The van der Waals surface area contributed by atoms with Crippen molar-refractivity contribution in [3.05, 3.63) is 28.8 Å². The summed E-state index contributed by atoms with van der Waals surface area (Å²) in [6, 6.07) is 4.18. The van der Waals surface area contributed by atoms with Crippen molar-refractivity contribution in [1.29, 1.82) is 0 Å². The summed E-state index contributed by atoms with van der Waals surface area (Å²) in [5.41, 5.74) is 2.92. The SMILES string of the molecule is Cc1ccc(C)c(OCCC(C)(C)O)c1C. The van der Waals surface area contributed by atoms with Crippen LogP contribution in [0, 0.1) is 20.8 Å². The van der Waals surface area contributed by atoms with E-state index in [9.17, 15) is 5.11 Å². The Bertz CT molecular complexity index is 362. The normalized spacial score (nSPS) is 11.6. The van der Waals surface area contributed by atoms with Gasteiger partial charge < -0.3 is 9.84 Å². The molecule has 0 saturated carbocycles. The highest BCUT2D eigenvalue weighted by atomic mass is 16.5. The molecular formula is C14H22O2. The quantitative estimate of drug-likeness (QED) is 0.848. The Morgan fingerprint density at radius 1 is 1.12 bits per heavy atom. The molecule has 2 nitrogen and oxygen atoms in total. The average Bonchev–Trinajstić information content (AvgIpc) is 2.16. The molecule has 1 aromatic rings. The maximum atomic E-state index is 9.61. The number of aryl methyl sites for hydroxylation is 2. The number of benzene rings is 1. The topological polar surface area (TPSA) is 29.5 Å². The number of rotatable bonds is 4. The fourth-order valence-corrected chi connectivity index (χ4v) is 1.55. The van der Waals surface area contributed by atoms with Crippen molar-refractivity contribution < 1.29 is 9.84 Å². The van der Waals surface area contributed by atoms with Crippen LogP contribution in [0.4, 0.5) is 0 Å². The standard InChI is InChI=1S/C14H22O2/c1-10-6-7-11(2)13(12(10)3)16-9-8-14(4,5)15/h6-7,15H,8-9H2,1-5H3. The van der Waals surface area contributed by atoms with Crippen molar-refractivity contribution in [1.82, 2.24) is 0 Å². The summed E-state index contributed by atoms with van der Waals surface area (Å²) in [5, 5.41) is 9.61. The molecule has 0 unspecified atom stereocenters. The Balaban J connectivity index is 2.71. The van der Waals surface area contributed by atoms with Gasteiger partial charge in [-0.05, 0) is 51.3 Å². The molecule has 90 valence electrons. The van der Waals surface area contributed by atoms with E-state index >= 15 is 0 Å². The number of aliphatic hydroxyl groups is 1. The van der Waals surface area contributed by atoms with Crippen LogP contribution in [0.25, 0.3) is 0 Å². The molecular weight excluding hydrogens is 200 g/mol. The fraction of sp³-hybridized carbons (Fsp3) is 0.571. The van der Waals surface area contributed by atoms with E-state index in [0.717, 1.165) is 11.3 Å². The van der Waals surface area contributed by atoms with Crippen LogP contribution in [0.3, 0.4) is 0 Å². The molecule has 0 aliphatic carbocycles. The van der Waals surface area contributed by atoms with Crippen LogP contribution in [-0.4, -0.2) is 17.3 Å². The van der Waals surface area contributed by atoms with Crippen molar-refractivity contribution in [2.45, 2.75) is 46.6 Å². The van der Waals surface area contributed by atoms with E-state index in [2.05, 4.69) is 26.0 Å². The molecule has 0 radical (unpaired) electrons. The first kappa shape index (κ1) is 13.0. The number of hydrogen-bond donors (Lipinski definition) is 1. The fourth-order valence-electron chi connectivity index (χ4n) is 1.55. The minimum atomic E-state index is -0.661. The Morgan fingerprint density at radius 2 is 1.69 bits per heavy atom. The second-order valence-corrected chi connectivity index (χ2v) is 5.06. The molecule has 0 saturated heterocycles. The molecule has 0 aliphatic heterocycles. The molecule has 16 heavy (non-hydrogen) atoms. The van der Waals surface area contributed by atoms with Gasteiger partial charge in [-0.25, -0.2) is 0 Å². The first-order valence-corrected chi connectivity index (χ1v) is 5.73. The Morgan fingerprint density at radius 3 is 2.25 bits per heavy atom. The lowest BCUT2D eigenvalue weighted by atomic mass is 10.0. The summed E-state index contributed by atoms with van der Waals surface area (Å²) in [6.07, 6.45) is 0.639. The molecule has 1 aromatic carbocycles. The Labute approximate surface area is 98.3 Å². The van der Waals surface area contributed by atoms with Crippen molar-refractivity contribution in [3.8, 4) is 5.75 Å². The predicted octanol–water partition coefficient (Wildman–Crippen LogP) is 3.15. The zero-order chi connectivity index (χ0) is 12.3. The summed E-state index contributed by atoms with van der Waals surface area (Å²) in [7, 11) is 0. The van der Waals surface area contributed by atoms with Gasteiger partial charge in [0.15, 0.2) is 0 Å². The van der Waals surface area contributed by atoms with E-state index in [4.69, 9.17) is 4.74 Å². The van der Waals surface area contributed by atoms with Crippen molar-refractivity contribution >= 4 is 0 Å². The van der Waals surface area contributed by atoms with Gasteiger partial charge in [-0.1, -0.05) is 12.1 Å². The third kappa shape index (κ3) is 3.53. The maximum absolute atomic E-state index is 9.61. The van der Waals surface area contributed by atoms with E-state index in [1.54, 1.807) is 13.8 Å². The van der Waals surface area contributed by atoms with Crippen molar-refractivity contribution in [2.75, 3.05) is 6.61 Å². The zero-order valence-electron chi connectivity index (χ0n) is 10.9. The van der Waals surface area contributed by atoms with Crippen LogP contribution in [0.2, 0.25) is 0 Å². The summed E-state index contributed by atoms with van der Waals surface area (Å²) < 4.78 is 5.76. The van der Waals surface area contributed by atoms with Crippen molar-refractivity contribution in [2.24, 2.45) is 0 Å². The molecule has 0 spiro atoms. The van der Waals surface area contributed by atoms with E-state index in [1.807, 2.05) is 6.92 Å². The average molecular weight is 222 g/mol. The van der Waals surface area contributed by atoms with Gasteiger partial charge in [0.2, 0.25) is 0 Å². The van der Waals surface area contributed by atoms with Crippen molar-refractivity contribution in [3.63, 3.8) is 0 Å². The predicted molar refractivity (Wildman–Crippen MR) is 67.1 cm³/mol. The molecule has 0 aromatic heterocycles. The highest BCUT2D eigenvalue weighted by Crippen LogP contribution is 2.26. The van der Waals surface area contributed by atoms with Crippen LogP contribution in [0.15, 0.2) is 12.1 Å². The first-order valence-electron chi connectivity index (χ1n) is 5.73. The molecule has 1 rings (SSSR count). The van der Waals surface area contributed by atoms with Crippen LogP contribution >= 0.6 is 0 Å². The molecule has 1 N–H and O–H groups in total. The first-order chi connectivity index (χ1) is 7.31. The van der Waals surface area contributed by atoms with Gasteiger partial charge in [-0.2, -0.15) is 0 Å². The van der Waals surface area contributed by atoms with Gasteiger partial charge in [0.05, 0.1) is 12.2 Å². The minimum absolute atomic E-state index is 0.550. The van der Waals surface area contributed by atoms with Crippen LogP contribution < -0.4 is 4.74 Å². The second kappa shape index (κ2) is 4.88. The summed E-state index contributed by atoms with van der Waals surface area (Å²) >= 11 is 0. The van der Waals surface area contributed by atoms with E-state index in [0.29, 0.717) is 13.0 Å². The van der Waals surface area contributed by atoms with E-state index in [1.165, 1.54) is 11.1 Å². The molecule has 2 heteroatoms. The summed E-state index contributed by atoms with van der Waals surface area (Å²) in [5.74, 6) is 0.962. The van der Waals surface area contributed by atoms with E-state index < -0.39 is 5.60 Å². The van der Waals surface area contributed by atoms with Gasteiger partial charge in [0.25, 0.3) is 0 Å². The van der Waals surface area contributed by atoms with Crippen LogP contribution in [0.1, 0.15) is 37.0 Å². The van der Waals surface area contributed by atoms with E-state index in [-0.39, 0.29) is 0 Å². The number of hydrogen-bond acceptors (Lipinski definition) is 2. The smallest absolute Gasteiger partial charge is 0.125 e. The van der Waals surface area contributed by atoms with Crippen LogP contribution in [0.5, 0.6) is 5.75 Å². The third-order valence-electron chi connectivity index (χ3n) is 2.83. The minimum Gasteiger partial charge on any atom is -0.493 e. The number of ether oxygens (including phenoxy) is 1. The summed E-state index contributed by atoms with van der Waals surface area (Å²) in [4.78, 5) is 0. The lowest BCUT2D eigenvalue weighted by Gasteiger charge is -2.19. The monoisotopic (exact) mass is 222 g/mol. The lowest BCUT2D eigenvalue weighted by Crippen LogP contribution is -2.22. The highest BCUT2D eigenvalue weighted by Gasteiger charge is 2.13. The third-order valence-corrected chi connectivity index (χ3v) is 2.83. The molecule has 0 bridgehead atoms. The van der Waals surface area contributed by atoms with Gasteiger partial charge in [0, 0.05) is 6.42 Å². The molecule has 0 aliphatic rings. The van der Waals surface area contributed by atoms with Gasteiger partial charge in [-0.3, -0.25) is 0 Å². The Kier molecular flexibility index (Phi) is 3.98. The van der Waals surface area contributed by atoms with Gasteiger partial charge in [0.1, 0.15) is 5.75 Å². The molecule has 0 amide bonds. The second-order valence-electron chi connectivity index (χ2n) is 5.06. The van der Waals surface area contributed by atoms with Gasteiger partial charge in [-0.15, -0.1) is 0 Å². The molecule has 0 atom stereocenters. The van der Waals surface area contributed by atoms with Crippen LogP contribution in [-0.2, 0) is 0 Å². The Hall–Kier alpha value is -1.02. The maximum Gasteiger partial charge on any atom is 0.125 e. The lowest BCUT2D eigenvalue weighted by molar-refractivity contribution is 0.0551.